The van der Waals surface area contributed by atoms with E-state index >= 15 is 0 Å². The van der Waals surface area contributed by atoms with E-state index in [4.69, 9.17) is 4.74 Å². The van der Waals surface area contributed by atoms with Gasteiger partial charge in [0, 0.05) is 16.9 Å². The third-order valence-corrected chi connectivity index (χ3v) is 5.67. The number of carbonyl (C=O) groups excluding carboxylic acids is 2. The van der Waals surface area contributed by atoms with E-state index in [1.165, 1.54) is 17.4 Å². The van der Waals surface area contributed by atoms with Gasteiger partial charge in [-0.25, -0.2) is 4.79 Å². The summed E-state index contributed by atoms with van der Waals surface area (Å²) in [5, 5.41) is 3.34. The highest BCUT2D eigenvalue weighted by Gasteiger charge is 2.21. The Morgan fingerprint density at radius 3 is 2.38 bits per heavy atom. The zero-order valence-corrected chi connectivity index (χ0v) is 17.2. The van der Waals surface area contributed by atoms with Crippen molar-refractivity contribution in [3.05, 3.63) is 94.4 Å². The number of esters is 1. The lowest BCUT2D eigenvalue weighted by molar-refractivity contribution is -0.111. The first-order chi connectivity index (χ1) is 14.1. The van der Waals surface area contributed by atoms with Crippen LogP contribution < -0.4 is 5.32 Å². The van der Waals surface area contributed by atoms with Gasteiger partial charge in [-0.15, -0.1) is 11.3 Å². The number of carbonyl (C=O) groups is 2. The third-order valence-electron chi connectivity index (χ3n) is 4.44. The molecule has 1 amide bonds. The molecule has 0 aliphatic heterocycles. The fourth-order valence-electron chi connectivity index (χ4n) is 2.87. The SMILES string of the molecule is CCOC(=O)c1cc(C(C)c2ccccc2)sc1NC(=O)C=Cc1ccccc1. The molecule has 0 radical (unpaired) electrons. The molecule has 1 atom stereocenters. The Balaban J connectivity index is 1.84. The second-order valence-corrected chi connectivity index (χ2v) is 7.56. The van der Waals surface area contributed by atoms with Gasteiger partial charge in [-0.3, -0.25) is 4.79 Å². The van der Waals surface area contributed by atoms with Gasteiger partial charge in [-0.2, -0.15) is 0 Å². The van der Waals surface area contributed by atoms with Crippen molar-refractivity contribution in [2.24, 2.45) is 0 Å². The molecule has 2 aromatic carbocycles. The van der Waals surface area contributed by atoms with Crippen LogP contribution in [0.15, 0.2) is 72.8 Å². The zero-order valence-electron chi connectivity index (χ0n) is 16.4. The number of rotatable bonds is 7. The first-order valence-electron chi connectivity index (χ1n) is 9.48. The quantitative estimate of drug-likeness (QED) is 0.403. The molecule has 5 heteroatoms. The van der Waals surface area contributed by atoms with Gasteiger partial charge in [0.25, 0.3) is 0 Å². The van der Waals surface area contributed by atoms with E-state index in [9.17, 15) is 9.59 Å². The summed E-state index contributed by atoms with van der Waals surface area (Å²) in [6, 6.07) is 21.4. The number of benzene rings is 2. The smallest absolute Gasteiger partial charge is 0.341 e. The number of nitrogens with one attached hydrogen (secondary N) is 1. The Morgan fingerprint density at radius 1 is 1.07 bits per heavy atom. The number of hydrogen-bond donors (Lipinski definition) is 1. The molecular formula is C24H23NO3S. The summed E-state index contributed by atoms with van der Waals surface area (Å²) >= 11 is 1.40. The summed E-state index contributed by atoms with van der Waals surface area (Å²) in [6.07, 6.45) is 3.20. The van der Waals surface area contributed by atoms with Crippen molar-refractivity contribution in [2.45, 2.75) is 19.8 Å². The molecule has 4 nitrogen and oxygen atoms in total. The Kier molecular flexibility index (Phi) is 6.98. The molecule has 0 fully saturated rings. The van der Waals surface area contributed by atoms with Crippen LogP contribution in [0.1, 0.15) is 46.1 Å². The summed E-state index contributed by atoms with van der Waals surface area (Å²) in [6.45, 7) is 4.12. The van der Waals surface area contributed by atoms with Crippen molar-refractivity contribution in [2.75, 3.05) is 11.9 Å². The summed E-state index contributed by atoms with van der Waals surface area (Å²) in [4.78, 5) is 25.8. The number of hydrogen-bond acceptors (Lipinski definition) is 4. The van der Waals surface area contributed by atoms with Gasteiger partial charge in [0.15, 0.2) is 0 Å². The lowest BCUT2D eigenvalue weighted by atomic mass is 9.99. The van der Waals surface area contributed by atoms with E-state index in [0.717, 1.165) is 16.0 Å². The average Bonchev–Trinajstić information content (AvgIpc) is 3.17. The highest BCUT2D eigenvalue weighted by molar-refractivity contribution is 7.16. The maximum absolute atomic E-state index is 12.4. The molecule has 1 aromatic heterocycles. The molecule has 1 heterocycles. The van der Waals surface area contributed by atoms with Crippen molar-refractivity contribution < 1.29 is 14.3 Å². The van der Waals surface area contributed by atoms with Crippen LogP contribution in [0.25, 0.3) is 6.08 Å². The van der Waals surface area contributed by atoms with Crippen LogP contribution in [-0.4, -0.2) is 18.5 Å². The second kappa shape index (κ2) is 9.85. The van der Waals surface area contributed by atoms with Gasteiger partial charge in [-0.05, 0) is 30.2 Å². The summed E-state index contributed by atoms with van der Waals surface area (Å²) in [5.41, 5.74) is 2.46. The molecule has 0 spiro atoms. The lowest BCUT2D eigenvalue weighted by Gasteiger charge is -2.08. The van der Waals surface area contributed by atoms with E-state index in [2.05, 4.69) is 24.4 Å². The van der Waals surface area contributed by atoms with Crippen LogP contribution in [0.4, 0.5) is 5.00 Å². The normalized spacial score (nSPS) is 11.9. The monoisotopic (exact) mass is 405 g/mol. The molecule has 0 aliphatic rings. The number of ether oxygens (including phenoxy) is 1. The van der Waals surface area contributed by atoms with Gasteiger partial charge in [-0.1, -0.05) is 67.6 Å². The molecule has 3 rings (SSSR count). The minimum atomic E-state index is -0.433. The van der Waals surface area contributed by atoms with Crippen molar-refractivity contribution in [3.63, 3.8) is 0 Å². The van der Waals surface area contributed by atoms with Gasteiger partial charge < -0.3 is 10.1 Å². The minimum Gasteiger partial charge on any atom is -0.462 e. The van der Waals surface area contributed by atoms with E-state index < -0.39 is 5.97 Å². The Hall–Kier alpha value is -3.18. The highest BCUT2D eigenvalue weighted by atomic mass is 32.1. The van der Waals surface area contributed by atoms with Crippen LogP contribution in [-0.2, 0) is 9.53 Å². The predicted molar refractivity (Wildman–Crippen MR) is 118 cm³/mol. The number of amides is 1. The largest absolute Gasteiger partial charge is 0.462 e. The molecule has 0 saturated carbocycles. The van der Waals surface area contributed by atoms with Crippen molar-refractivity contribution in [1.82, 2.24) is 0 Å². The van der Waals surface area contributed by atoms with E-state index in [0.29, 0.717) is 10.6 Å². The summed E-state index contributed by atoms with van der Waals surface area (Å²) in [7, 11) is 0. The van der Waals surface area contributed by atoms with Crippen molar-refractivity contribution in [3.8, 4) is 0 Å². The standard InChI is InChI=1S/C24H23NO3S/c1-3-28-24(27)20-16-21(17(2)19-12-8-5-9-13-19)29-23(20)25-22(26)15-14-18-10-6-4-7-11-18/h4-17H,3H2,1-2H3,(H,25,26). The topological polar surface area (TPSA) is 55.4 Å². The Labute approximate surface area is 174 Å². The molecule has 0 saturated heterocycles. The minimum absolute atomic E-state index is 0.0971. The van der Waals surface area contributed by atoms with Gasteiger partial charge in [0.2, 0.25) is 5.91 Å². The van der Waals surface area contributed by atoms with Crippen LogP contribution >= 0.6 is 11.3 Å². The van der Waals surface area contributed by atoms with Crippen LogP contribution in [0.2, 0.25) is 0 Å². The molecule has 3 aromatic rings. The molecule has 1 N–H and O–H groups in total. The van der Waals surface area contributed by atoms with Crippen molar-refractivity contribution >= 4 is 34.3 Å². The fourth-order valence-corrected chi connectivity index (χ4v) is 4.00. The summed E-state index contributed by atoms with van der Waals surface area (Å²) < 4.78 is 5.18. The molecule has 0 bridgehead atoms. The third kappa shape index (κ3) is 5.42. The van der Waals surface area contributed by atoms with Crippen LogP contribution in [0.3, 0.4) is 0 Å². The zero-order chi connectivity index (χ0) is 20.6. The Bertz CT molecular complexity index is 993. The van der Waals surface area contributed by atoms with E-state index in [1.54, 1.807) is 13.0 Å². The average molecular weight is 406 g/mol. The maximum Gasteiger partial charge on any atom is 0.341 e. The second-order valence-electron chi connectivity index (χ2n) is 6.48. The fraction of sp³-hybridized carbons (Fsp3) is 0.167. The first kappa shape index (κ1) is 20.6. The molecule has 0 aliphatic carbocycles. The molecule has 148 valence electrons. The van der Waals surface area contributed by atoms with Crippen LogP contribution in [0, 0.1) is 0 Å². The van der Waals surface area contributed by atoms with Gasteiger partial charge >= 0.3 is 5.97 Å². The molecule has 1 unspecified atom stereocenters. The number of anilines is 1. The summed E-state index contributed by atoms with van der Waals surface area (Å²) in [5.74, 6) is -0.627. The molecule has 29 heavy (non-hydrogen) atoms. The Morgan fingerprint density at radius 2 is 1.72 bits per heavy atom. The van der Waals surface area contributed by atoms with Crippen LogP contribution in [0.5, 0.6) is 0 Å². The van der Waals surface area contributed by atoms with E-state index in [1.807, 2.05) is 54.6 Å². The van der Waals surface area contributed by atoms with Gasteiger partial charge in [0.05, 0.1) is 12.2 Å². The number of thiophene rings is 1. The van der Waals surface area contributed by atoms with Gasteiger partial charge in [0.1, 0.15) is 5.00 Å². The van der Waals surface area contributed by atoms with Crippen molar-refractivity contribution in [1.29, 1.82) is 0 Å². The maximum atomic E-state index is 12.4. The highest BCUT2D eigenvalue weighted by Crippen LogP contribution is 2.36. The lowest BCUT2D eigenvalue weighted by Crippen LogP contribution is -2.11. The first-order valence-corrected chi connectivity index (χ1v) is 10.3. The molecular weight excluding hydrogens is 382 g/mol. The predicted octanol–water partition coefficient (Wildman–Crippen LogP) is 5.73. The van der Waals surface area contributed by atoms with E-state index in [-0.39, 0.29) is 18.4 Å².